The molecule has 1 N–H and O–H groups in total. The Balaban J connectivity index is 1.76. The van der Waals surface area contributed by atoms with Gasteiger partial charge in [0.1, 0.15) is 23.9 Å². The highest BCUT2D eigenvalue weighted by atomic mass is 19.4. The zero-order chi connectivity index (χ0) is 19.2. The minimum Gasteiger partial charge on any atom is -0.461 e. The van der Waals surface area contributed by atoms with Crippen LogP contribution in [0.2, 0.25) is 0 Å². The second-order valence-electron chi connectivity index (χ2n) is 5.30. The summed E-state index contributed by atoms with van der Waals surface area (Å²) in [5, 5.41) is 1.58. The van der Waals surface area contributed by atoms with Crippen LogP contribution < -0.4 is 5.32 Å². The number of amides is 1. The van der Waals surface area contributed by atoms with Crippen LogP contribution >= 0.6 is 0 Å². The van der Waals surface area contributed by atoms with Crippen LogP contribution in [0.4, 0.5) is 17.6 Å². The van der Waals surface area contributed by atoms with Crippen LogP contribution in [0.1, 0.15) is 12.2 Å². The molecule has 0 saturated carbocycles. The Bertz CT molecular complexity index is 770. The number of esters is 1. The molecular weight excluding hydrogens is 358 g/mol. The van der Waals surface area contributed by atoms with Crippen molar-refractivity contribution in [1.82, 2.24) is 5.32 Å². The second-order valence-corrected chi connectivity index (χ2v) is 5.30. The van der Waals surface area contributed by atoms with Crippen molar-refractivity contribution in [3.63, 3.8) is 0 Å². The first-order valence-electron chi connectivity index (χ1n) is 7.57. The maximum Gasteiger partial charge on any atom is 0.405 e. The molecule has 0 saturated heterocycles. The van der Waals surface area contributed by atoms with E-state index < -0.39 is 37.0 Å². The lowest BCUT2D eigenvalue weighted by molar-refractivity contribution is -0.151. The smallest absolute Gasteiger partial charge is 0.405 e. The molecule has 2 aromatic rings. The summed E-state index contributed by atoms with van der Waals surface area (Å²) in [6.45, 7) is -2.29. The van der Waals surface area contributed by atoms with Gasteiger partial charge in [-0.05, 0) is 24.3 Å². The molecule has 1 amide bonds. The molecule has 5 nitrogen and oxygen atoms in total. The minimum atomic E-state index is -4.53. The van der Waals surface area contributed by atoms with Crippen LogP contribution in [0, 0.1) is 5.82 Å². The average Bonchev–Trinajstić information content (AvgIpc) is 3.05. The number of rotatable bonds is 7. The summed E-state index contributed by atoms with van der Waals surface area (Å²) in [5.41, 5.74) is 0.280. The Labute approximate surface area is 145 Å². The normalized spacial score (nSPS) is 11.2. The topological polar surface area (TPSA) is 68.5 Å². The van der Waals surface area contributed by atoms with E-state index in [1.54, 1.807) is 35.6 Å². The van der Waals surface area contributed by atoms with E-state index in [-0.39, 0.29) is 18.4 Å². The molecule has 1 aromatic heterocycles. The quantitative estimate of drug-likeness (QED) is 0.598. The highest BCUT2D eigenvalue weighted by Gasteiger charge is 2.27. The van der Waals surface area contributed by atoms with Gasteiger partial charge in [0.15, 0.2) is 6.61 Å². The van der Waals surface area contributed by atoms with Gasteiger partial charge in [-0.1, -0.05) is 12.1 Å². The number of furan rings is 1. The van der Waals surface area contributed by atoms with Gasteiger partial charge < -0.3 is 14.5 Å². The summed E-state index contributed by atoms with van der Waals surface area (Å²) >= 11 is 0. The number of hydrogen-bond donors (Lipinski definition) is 1. The van der Waals surface area contributed by atoms with Crippen molar-refractivity contribution < 1.29 is 36.3 Å². The summed E-state index contributed by atoms with van der Waals surface area (Å²) in [4.78, 5) is 22.6. The maximum atomic E-state index is 13.7. The fourth-order valence-electron chi connectivity index (χ4n) is 2.01. The molecule has 0 atom stereocenters. The van der Waals surface area contributed by atoms with E-state index in [4.69, 9.17) is 4.42 Å². The molecule has 0 fully saturated rings. The van der Waals surface area contributed by atoms with Crippen molar-refractivity contribution in [2.45, 2.75) is 19.0 Å². The van der Waals surface area contributed by atoms with Crippen LogP contribution in [-0.2, 0) is 20.7 Å². The molecule has 0 aliphatic carbocycles. The monoisotopic (exact) mass is 373 g/mol. The number of halogens is 4. The summed E-state index contributed by atoms with van der Waals surface area (Å²) in [6.07, 6.45) is -4.54. The Morgan fingerprint density at radius 2 is 1.85 bits per heavy atom. The molecule has 2 rings (SSSR count). The van der Waals surface area contributed by atoms with E-state index in [0.29, 0.717) is 11.5 Å². The number of ether oxygens (including phenoxy) is 1. The van der Waals surface area contributed by atoms with Crippen LogP contribution in [0.25, 0.3) is 11.3 Å². The molecule has 9 heteroatoms. The van der Waals surface area contributed by atoms with Crippen LogP contribution in [0.5, 0.6) is 0 Å². The highest BCUT2D eigenvalue weighted by molar-refractivity contribution is 5.80. The maximum absolute atomic E-state index is 13.7. The third-order valence-corrected chi connectivity index (χ3v) is 3.23. The SMILES string of the molecule is O=C(COC(=O)CCc1ccc(-c2ccccc2F)o1)NCC(F)(F)F. The molecule has 0 bridgehead atoms. The first-order chi connectivity index (χ1) is 12.2. The zero-order valence-corrected chi connectivity index (χ0v) is 13.4. The third kappa shape index (κ3) is 6.23. The van der Waals surface area contributed by atoms with Crippen molar-refractivity contribution in [3.05, 3.63) is 48.0 Å². The Kier molecular flexibility index (Phi) is 6.37. The minimum absolute atomic E-state index is 0.136. The van der Waals surface area contributed by atoms with Crippen molar-refractivity contribution in [2.75, 3.05) is 13.2 Å². The summed E-state index contributed by atoms with van der Waals surface area (Å²) in [5.74, 6) is -1.55. The molecule has 140 valence electrons. The van der Waals surface area contributed by atoms with Crippen LogP contribution in [0.3, 0.4) is 0 Å². The number of nitrogens with one attached hydrogen (secondary N) is 1. The van der Waals surface area contributed by atoms with Crippen molar-refractivity contribution in [1.29, 1.82) is 0 Å². The van der Waals surface area contributed by atoms with Gasteiger partial charge >= 0.3 is 12.1 Å². The number of benzene rings is 1. The van der Waals surface area contributed by atoms with Gasteiger partial charge in [-0.3, -0.25) is 9.59 Å². The van der Waals surface area contributed by atoms with Gasteiger partial charge in [-0.25, -0.2) is 4.39 Å². The van der Waals surface area contributed by atoms with E-state index in [0.717, 1.165) is 0 Å². The van der Waals surface area contributed by atoms with Gasteiger partial charge in [0.25, 0.3) is 5.91 Å². The van der Waals surface area contributed by atoms with E-state index in [9.17, 15) is 27.2 Å². The van der Waals surface area contributed by atoms with Gasteiger partial charge in [-0.15, -0.1) is 0 Å². The molecule has 0 radical (unpaired) electrons. The first kappa shape index (κ1) is 19.5. The predicted octanol–water partition coefficient (Wildman–Crippen LogP) is 3.24. The molecule has 1 heterocycles. The standard InChI is InChI=1S/C17H15F4NO4/c18-13-4-2-1-3-12(13)14-7-5-11(26-14)6-8-16(24)25-9-15(23)22-10-17(19,20)21/h1-5,7H,6,8-10H2,(H,22,23). The lowest BCUT2D eigenvalue weighted by Gasteiger charge is -2.08. The Morgan fingerprint density at radius 1 is 1.12 bits per heavy atom. The number of aryl methyl sites for hydroxylation is 1. The Hall–Kier alpha value is -2.84. The van der Waals surface area contributed by atoms with Gasteiger partial charge in [0.05, 0.1) is 12.0 Å². The summed E-state index contributed by atoms with van der Waals surface area (Å²) < 4.78 is 59.5. The van der Waals surface area contributed by atoms with Gasteiger partial charge in [0, 0.05) is 6.42 Å². The number of carbonyl (C=O) groups excluding carboxylic acids is 2. The van der Waals surface area contributed by atoms with Crippen LogP contribution in [0.15, 0.2) is 40.8 Å². The fourth-order valence-corrected chi connectivity index (χ4v) is 2.01. The molecule has 0 spiro atoms. The van der Waals surface area contributed by atoms with E-state index in [1.807, 2.05) is 0 Å². The average molecular weight is 373 g/mol. The molecular formula is C17H15F4NO4. The summed E-state index contributed by atoms with van der Waals surface area (Å²) in [7, 11) is 0. The number of alkyl halides is 3. The van der Waals surface area contributed by atoms with Crippen LogP contribution in [-0.4, -0.2) is 31.2 Å². The molecule has 26 heavy (non-hydrogen) atoms. The van der Waals surface area contributed by atoms with Crippen molar-refractivity contribution in [2.24, 2.45) is 0 Å². The largest absolute Gasteiger partial charge is 0.461 e. The zero-order valence-electron chi connectivity index (χ0n) is 13.4. The molecule has 0 unspecified atom stereocenters. The van der Waals surface area contributed by atoms with Crippen molar-refractivity contribution in [3.8, 4) is 11.3 Å². The highest BCUT2D eigenvalue weighted by Crippen LogP contribution is 2.25. The van der Waals surface area contributed by atoms with Gasteiger partial charge in [-0.2, -0.15) is 13.2 Å². The van der Waals surface area contributed by atoms with E-state index in [2.05, 4.69) is 4.74 Å². The number of carbonyl (C=O) groups is 2. The fraction of sp³-hybridized carbons (Fsp3) is 0.294. The van der Waals surface area contributed by atoms with Crippen molar-refractivity contribution >= 4 is 11.9 Å². The number of hydrogen-bond acceptors (Lipinski definition) is 4. The second kappa shape index (κ2) is 8.50. The molecule has 0 aliphatic heterocycles. The lowest BCUT2D eigenvalue weighted by Crippen LogP contribution is -2.36. The Morgan fingerprint density at radius 3 is 2.54 bits per heavy atom. The predicted molar refractivity (Wildman–Crippen MR) is 82.4 cm³/mol. The van der Waals surface area contributed by atoms with E-state index in [1.165, 1.54) is 6.07 Å². The first-order valence-corrected chi connectivity index (χ1v) is 7.57. The lowest BCUT2D eigenvalue weighted by atomic mass is 10.1. The third-order valence-electron chi connectivity index (χ3n) is 3.23. The summed E-state index contributed by atoms with van der Waals surface area (Å²) in [6, 6.07) is 9.17. The van der Waals surface area contributed by atoms with E-state index >= 15 is 0 Å². The molecule has 0 aliphatic rings. The molecule has 1 aromatic carbocycles. The van der Waals surface area contributed by atoms with Gasteiger partial charge in [0.2, 0.25) is 0 Å².